The molecular weight excluding hydrogens is 417 g/mol. The van der Waals surface area contributed by atoms with Crippen LogP contribution >= 0.6 is 0 Å². The zero-order valence-corrected chi connectivity index (χ0v) is 16.8. The third-order valence-electron chi connectivity index (χ3n) is 4.03. The van der Waals surface area contributed by atoms with Crippen molar-refractivity contribution in [3.8, 4) is 5.75 Å². The van der Waals surface area contributed by atoms with Gasteiger partial charge in [0.2, 0.25) is 5.91 Å². The normalized spacial score (nSPS) is 11.0. The van der Waals surface area contributed by atoms with E-state index in [0.717, 1.165) is 6.20 Å². The lowest BCUT2D eigenvalue weighted by molar-refractivity contribution is -0.121. The lowest BCUT2D eigenvalue weighted by atomic mass is 10.1. The van der Waals surface area contributed by atoms with Crippen molar-refractivity contribution in [2.75, 3.05) is 0 Å². The van der Waals surface area contributed by atoms with Crippen molar-refractivity contribution in [3.05, 3.63) is 68.6 Å². The summed E-state index contributed by atoms with van der Waals surface area (Å²) in [5, 5.41) is 11.8. The van der Waals surface area contributed by atoms with E-state index in [-0.39, 0.29) is 36.2 Å². The molecule has 0 saturated carbocycles. The minimum absolute atomic E-state index is 0.00626. The van der Waals surface area contributed by atoms with Crippen molar-refractivity contribution >= 4 is 16.8 Å². The Labute approximate surface area is 174 Å². The SMILES string of the molecule is CC(C)(F)CCC(=O)NCc1ncc(F)cc1F.O=c1[nH]c(=O)c2c(O)cccc2[nH]1. The number of carbonyl (C=O) groups excluding carboxylic acids is 1. The number of alkyl halides is 1. The first-order chi connectivity index (χ1) is 14.5. The monoisotopic (exact) mass is 438 g/mol. The summed E-state index contributed by atoms with van der Waals surface area (Å²) in [4.78, 5) is 41.3. The number of hydrogen-bond donors (Lipinski definition) is 4. The number of pyridine rings is 1. The van der Waals surface area contributed by atoms with E-state index in [1.54, 1.807) is 12.1 Å². The summed E-state index contributed by atoms with van der Waals surface area (Å²) < 4.78 is 38.9. The number of rotatable bonds is 5. The molecule has 3 aromatic rings. The summed E-state index contributed by atoms with van der Waals surface area (Å²) in [6.07, 6.45) is 0.958. The van der Waals surface area contributed by atoms with Crippen LogP contribution in [-0.4, -0.2) is 31.6 Å². The quantitative estimate of drug-likeness (QED) is 0.487. The molecule has 0 spiro atoms. The van der Waals surface area contributed by atoms with Gasteiger partial charge in [-0.1, -0.05) is 6.07 Å². The molecule has 166 valence electrons. The van der Waals surface area contributed by atoms with Gasteiger partial charge in [0.25, 0.3) is 5.56 Å². The Balaban J connectivity index is 0.000000231. The Hall–Kier alpha value is -3.63. The van der Waals surface area contributed by atoms with E-state index in [4.69, 9.17) is 0 Å². The van der Waals surface area contributed by atoms with Crippen LogP contribution in [-0.2, 0) is 11.3 Å². The fourth-order valence-electron chi connectivity index (χ4n) is 2.46. The van der Waals surface area contributed by atoms with E-state index in [9.17, 15) is 32.7 Å². The summed E-state index contributed by atoms with van der Waals surface area (Å²) in [6.45, 7) is 2.61. The molecule has 2 aromatic heterocycles. The van der Waals surface area contributed by atoms with Crippen LogP contribution in [0.25, 0.3) is 10.9 Å². The number of hydrogen-bond acceptors (Lipinski definition) is 5. The molecule has 0 unspecified atom stereocenters. The average molecular weight is 438 g/mol. The molecule has 0 aliphatic heterocycles. The zero-order chi connectivity index (χ0) is 23.2. The maximum atomic E-state index is 13.2. The number of nitrogens with zero attached hydrogens (tertiary/aromatic N) is 1. The minimum Gasteiger partial charge on any atom is -0.507 e. The minimum atomic E-state index is -1.42. The molecule has 1 aromatic carbocycles. The molecule has 3 rings (SSSR count). The zero-order valence-electron chi connectivity index (χ0n) is 16.8. The fraction of sp³-hybridized carbons (Fsp3) is 0.300. The van der Waals surface area contributed by atoms with Crippen LogP contribution in [0.4, 0.5) is 13.2 Å². The first-order valence-corrected chi connectivity index (χ1v) is 9.16. The van der Waals surface area contributed by atoms with Gasteiger partial charge in [-0.25, -0.2) is 18.0 Å². The van der Waals surface area contributed by atoms with E-state index >= 15 is 0 Å². The van der Waals surface area contributed by atoms with E-state index in [0.29, 0.717) is 11.6 Å². The summed E-state index contributed by atoms with van der Waals surface area (Å²) in [5.41, 5.74) is -2.31. The molecule has 8 nitrogen and oxygen atoms in total. The smallest absolute Gasteiger partial charge is 0.326 e. The van der Waals surface area contributed by atoms with Gasteiger partial charge in [-0.15, -0.1) is 0 Å². The summed E-state index contributed by atoms with van der Waals surface area (Å²) in [7, 11) is 0. The Kier molecular flexibility index (Phi) is 7.56. The second kappa shape index (κ2) is 9.92. The summed E-state index contributed by atoms with van der Waals surface area (Å²) >= 11 is 0. The number of phenolic OH excluding ortho intramolecular Hbond substituents is 1. The van der Waals surface area contributed by atoms with Gasteiger partial charge in [-0.3, -0.25) is 19.6 Å². The van der Waals surface area contributed by atoms with Crippen LogP contribution in [0, 0.1) is 11.6 Å². The van der Waals surface area contributed by atoms with Crippen LogP contribution in [0.1, 0.15) is 32.4 Å². The summed E-state index contributed by atoms with van der Waals surface area (Å²) in [5.74, 6) is -2.14. The standard InChI is InChI=1S/C12H15F3N2O.C8H6N2O3/c1-12(2,15)4-3-11(18)17-7-10-9(14)5-8(13)6-16-10;11-5-3-1-2-4-6(5)7(12)10-8(13)9-4/h5-6H,3-4,7H2,1-2H3,(H,17,18);1-3,11H,(H2,9,10,12,13). The number of carbonyl (C=O) groups is 1. The number of halogens is 3. The first-order valence-electron chi connectivity index (χ1n) is 9.16. The van der Waals surface area contributed by atoms with Gasteiger partial charge in [0, 0.05) is 12.5 Å². The molecule has 31 heavy (non-hydrogen) atoms. The van der Waals surface area contributed by atoms with Gasteiger partial charge in [0.05, 0.1) is 24.0 Å². The third kappa shape index (κ3) is 7.28. The van der Waals surface area contributed by atoms with Crippen molar-refractivity contribution < 1.29 is 23.1 Å². The molecule has 11 heteroatoms. The summed E-state index contributed by atoms with van der Waals surface area (Å²) in [6, 6.07) is 5.17. The molecule has 0 bridgehead atoms. The highest BCUT2D eigenvalue weighted by molar-refractivity contribution is 5.83. The number of H-pyrrole nitrogens is 2. The fourth-order valence-corrected chi connectivity index (χ4v) is 2.46. The van der Waals surface area contributed by atoms with Crippen molar-refractivity contribution in [3.63, 3.8) is 0 Å². The highest BCUT2D eigenvalue weighted by atomic mass is 19.1. The molecular formula is C20H21F3N4O4. The number of fused-ring (bicyclic) bond motifs is 1. The number of amides is 1. The molecule has 0 aliphatic rings. The van der Waals surface area contributed by atoms with Crippen molar-refractivity contribution in [1.82, 2.24) is 20.3 Å². The van der Waals surface area contributed by atoms with Crippen molar-refractivity contribution in [1.29, 1.82) is 0 Å². The van der Waals surface area contributed by atoms with Crippen molar-refractivity contribution in [2.24, 2.45) is 0 Å². The molecule has 1 amide bonds. The largest absolute Gasteiger partial charge is 0.507 e. The molecule has 0 atom stereocenters. The number of benzene rings is 1. The van der Waals surface area contributed by atoms with Gasteiger partial charge in [-0.05, 0) is 32.4 Å². The number of aromatic hydroxyl groups is 1. The van der Waals surface area contributed by atoms with Crippen molar-refractivity contribution in [2.45, 2.75) is 38.9 Å². The number of phenols is 1. The highest BCUT2D eigenvalue weighted by Crippen LogP contribution is 2.17. The first kappa shape index (κ1) is 23.6. The Bertz CT molecular complexity index is 1190. The Morgan fingerprint density at radius 1 is 1.23 bits per heavy atom. The highest BCUT2D eigenvalue weighted by Gasteiger charge is 2.17. The topological polar surface area (TPSA) is 128 Å². The third-order valence-corrected chi connectivity index (χ3v) is 4.03. The number of aromatic amines is 2. The van der Waals surface area contributed by atoms with Crippen LogP contribution in [0.3, 0.4) is 0 Å². The second-order valence-corrected chi connectivity index (χ2v) is 7.19. The molecule has 0 saturated heterocycles. The molecule has 0 fully saturated rings. The maximum absolute atomic E-state index is 13.2. The van der Waals surface area contributed by atoms with Gasteiger partial charge < -0.3 is 15.4 Å². The lowest BCUT2D eigenvalue weighted by Gasteiger charge is -2.13. The number of nitrogens with one attached hydrogen (secondary N) is 3. The maximum Gasteiger partial charge on any atom is 0.326 e. The second-order valence-electron chi connectivity index (χ2n) is 7.19. The lowest BCUT2D eigenvalue weighted by Crippen LogP contribution is -2.26. The number of aromatic nitrogens is 3. The average Bonchev–Trinajstić information content (AvgIpc) is 2.65. The van der Waals surface area contributed by atoms with Gasteiger partial charge >= 0.3 is 5.69 Å². The van der Waals surface area contributed by atoms with Crippen LogP contribution < -0.4 is 16.6 Å². The van der Waals surface area contributed by atoms with Gasteiger partial charge in [-0.2, -0.15) is 0 Å². The molecule has 0 radical (unpaired) electrons. The Morgan fingerprint density at radius 3 is 2.58 bits per heavy atom. The van der Waals surface area contributed by atoms with Gasteiger partial charge in [0.1, 0.15) is 28.4 Å². The van der Waals surface area contributed by atoms with E-state index in [2.05, 4.69) is 15.3 Å². The van der Waals surface area contributed by atoms with E-state index in [1.807, 2.05) is 4.98 Å². The van der Waals surface area contributed by atoms with Crippen LogP contribution in [0.2, 0.25) is 0 Å². The van der Waals surface area contributed by atoms with Crippen LogP contribution in [0.15, 0.2) is 40.1 Å². The molecule has 4 N–H and O–H groups in total. The molecule has 2 heterocycles. The van der Waals surface area contributed by atoms with E-state index in [1.165, 1.54) is 19.9 Å². The molecule has 0 aliphatic carbocycles. The predicted molar refractivity (Wildman–Crippen MR) is 107 cm³/mol. The van der Waals surface area contributed by atoms with Crippen LogP contribution in [0.5, 0.6) is 5.75 Å². The predicted octanol–water partition coefficient (Wildman–Crippen LogP) is 2.43. The van der Waals surface area contributed by atoms with Gasteiger partial charge in [0.15, 0.2) is 0 Å². The Morgan fingerprint density at radius 2 is 1.94 bits per heavy atom. The van der Waals surface area contributed by atoms with E-state index < -0.39 is 34.5 Å².